The molecular formula is C14H20F2N2O2S. The highest BCUT2D eigenvalue weighted by molar-refractivity contribution is 7.98. The molecule has 1 atom stereocenters. The van der Waals surface area contributed by atoms with Crippen molar-refractivity contribution in [3.63, 3.8) is 0 Å². The molecule has 1 unspecified atom stereocenters. The molecule has 0 aliphatic rings. The molecule has 4 nitrogen and oxygen atoms in total. The standard InChI is InChI=1S/C14H20F2N2O2S/c1-14(20,9-21-2)8-18-13(19)17-4-3-10-5-11(15)7-12(16)6-10/h5-7,20H,3-4,8-9H2,1-2H3,(H2,17,18,19). The van der Waals surface area contributed by atoms with Gasteiger partial charge in [0.1, 0.15) is 11.6 Å². The van der Waals surface area contributed by atoms with Crippen molar-refractivity contribution >= 4 is 17.8 Å². The number of urea groups is 1. The number of carbonyl (C=O) groups is 1. The van der Waals surface area contributed by atoms with Gasteiger partial charge in [-0.05, 0) is 37.3 Å². The number of halogens is 2. The Morgan fingerprint density at radius 1 is 1.29 bits per heavy atom. The Morgan fingerprint density at radius 2 is 1.90 bits per heavy atom. The highest BCUT2D eigenvalue weighted by atomic mass is 32.2. The molecule has 0 aromatic heterocycles. The SMILES string of the molecule is CSCC(C)(O)CNC(=O)NCCc1cc(F)cc(F)c1. The number of rotatable bonds is 7. The summed E-state index contributed by atoms with van der Waals surface area (Å²) in [6.45, 7) is 2.02. The van der Waals surface area contributed by atoms with Crippen molar-refractivity contribution in [2.24, 2.45) is 0 Å². The van der Waals surface area contributed by atoms with Crippen LogP contribution >= 0.6 is 11.8 Å². The molecular weight excluding hydrogens is 298 g/mol. The predicted molar refractivity (Wildman–Crippen MR) is 80.5 cm³/mol. The van der Waals surface area contributed by atoms with Crippen LogP contribution in [0.1, 0.15) is 12.5 Å². The van der Waals surface area contributed by atoms with Crippen LogP contribution in [0.2, 0.25) is 0 Å². The quantitative estimate of drug-likeness (QED) is 0.720. The summed E-state index contributed by atoms with van der Waals surface area (Å²) >= 11 is 1.49. The maximum Gasteiger partial charge on any atom is 0.314 e. The van der Waals surface area contributed by atoms with Gasteiger partial charge in [-0.15, -0.1) is 0 Å². The first-order valence-electron chi connectivity index (χ1n) is 6.50. The Morgan fingerprint density at radius 3 is 2.48 bits per heavy atom. The van der Waals surface area contributed by atoms with Crippen LogP contribution in [0.15, 0.2) is 18.2 Å². The Kier molecular flexibility index (Phi) is 6.91. The number of benzene rings is 1. The molecule has 1 rings (SSSR count). The lowest BCUT2D eigenvalue weighted by atomic mass is 10.1. The minimum absolute atomic E-state index is 0.133. The van der Waals surface area contributed by atoms with Gasteiger partial charge in [-0.1, -0.05) is 0 Å². The number of aliphatic hydroxyl groups is 1. The van der Waals surface area contributed by atoms with Gasteiger partial charge in [0, 0.05) is 24.9 Å². The summed E-state index contributed by atoms with van der Waals surface area (Å²) in [6.07, 6.45) is 2.19. The van der Waals surface area contributed by atoms with E-state index in [1.165, 1.54) is 23.9 Å². The molecule has 0 aliphatic carbocycles. The molecule has 2 amide bonds. The van der Waals surface area contributed by atoms with Crippen LogP contribution in [-0.2, 0) is 6.42 Å². The second kappa shape index (κ2) is 8.19. The average Bonchev–Trinajstić information content (AvgIpc) is 2.35. The highest BCUT2D eigenvalue weighted by Crippen LogP contribution is 2.09. The zero-order valence-electron chi connectivity index (χ0n) is 12.1. The lowest BCUT2D eigenvalue weighted by Crippen LogP contribution is -2.46. The van der Waals surface area contributed by atoms with Crippen molar-refractivity contribution < 1.29 is 18.7 Å². The molecule has 7 heteroatoms. The van der Waals surface area contributed by atoms with Crippen molar-refractivity contribution in [3.05, 3.63) is 35.4 Å². The molecule has 118 valence electrons. The van der Waals surface area contributed by atoms with E-state index in [4.69, 9.17) is 0 Å². The maximum absolute atomic E-state index is 13.0. The van der Waals surface area contributed by atoms with Crippen LogP contribution in [0.5, 0.6) is 0 Å². The van der Waals surface area contributed by atoms with Crippen LogP contribution < -0.4 is 10.6 Å². The summed E-state index contributed by atoms with van der Waals surface area (Å²) in [4.78, 5) is 11.5. The second-order valence-electron chi connectivity index (χ2n) is 5.07. The smallest absolute Gasteiger partial charge is 0.314 e. The normalized spacial score (nSPS) is 13.6. The van der Waals surface area contributed by atoms with Gasteiger partial charge in [-0.3, -0.25) is 0 Å². The first-order chi connectivity index (χ1) is 9.82. The first-order valence-corrected chi connectivity index (χ1v) is 7.90. The Hall–Kier alpha value is -1.34. The van der Waals surface area contributed by atoms with Gasteiger partial charge in [0.2, 0.25) is 0 Å². The second-order valence-corrected chi connectivity index (χ2v) is 5.93. The van der Waals surface area contributed by atoms with E-state index in [2.05, 4.69) is 10.6 Å². The van der Waals surface area contributed by atoms with Gasteiger partial charge in [0.05, 0.1) is 5.60 Å². The van der Waals surface area contributed by atoms with E-state index in [-0.39, 0.29) is 13.1 Å². The largest absolute Gasteiger partial charge is 0.387 e. The molecule has 0 saturated heterocycles. The number of hydrogen-bond donors (Lipinski definition) is 3. The number of amides is 2. The number of thioether (sulfide) groups is 1. The third kappa shape index (κ3) is 7.29. The Bertz CT molecular complexity index is 464. The molecule has 1 aromatic rings. The number of hydrogen-bond acceptors (Lipinski definition) is 3. The third-order valence-corrected chi connectivity index (χ3v) is 3.62. The van der Waals surface area contributed by atoms with Gasteiger partial charge in [0.15, 0.2) is 0 Å². The zero-order chi connectivity index (χ0) is 15.9. The Balaban J connectivity index is 2.30. The molecule has 1 aromatic carbocycles. The summed E-state index contributed by atoms with van der Waals surface area (Å²) in [6, 6.07) is 2.84. The van der Waals surface area contributed by atoms with Crippen LogP contribution in [0.4, 0.5) is 13.6 Å². The van der Waals surface area contributed by atoms with E-state index in [0.29, 0.717) is 17.7 Å². The van der Waals surface area contributed by atoms with Crippen molar-refractivity contribution in [3.8, 4) is 0 Å². The van der Waals surface area contributed by atoms with E-state index in [0.717, 1.165) is 6.07 Å². The third-order valence-electron chi connectivity index (χ3n) is 2.71. The summed E-state index contributed by atoms with van der Waals surface area (Å²) in [5.41, 5.74) is -0.496. The minimum Gasteiger partial charge on any atom is -0.387 e. The molecule has 0 saturated carbocycles. The maximum atomic E-state index is 13.0. The van der Waals surface area contributed by atoms with E-state index in [1.807, 2.05) is 6.26 Å². The molecule has 0 bridgehead atoms. The molecule has 0 heterocycles. The average molecular weight is 318 g/mol. The molecule has 3 N–H and O–H groups in total. The van der Waals surface area contributed by atoms with E-state index < -0.39 is 23.3 Å². The van der Waals surface area contributed by atoms with Gasteiger partial charge >= 0.3 is 6.03 Å². The van der Waals surface area contributed by atoms with E-state index in [1.54, 1.807) is 6.92 Å². The van der Waals surface area contributed by atoms with Gasteiger partial charge in [0.25, 0.3) is 0 Å². The molecule has 0 fully saturated rings. The van der Waals surface area contributed by atoms with E-state index >= 15 is 0 Å². The predicted octanol–water partition coefficient (Wildman–Crippen LogP) is 1.92. The fourth-order valence-corrected chi connectivity index (χ4v) is 2.49. The molecule has 0 spiro atoms. The topological polar surface area (TPSA) is 61.4 Å². The van der Waals surface area contributed by atoms with Crippen LogP contribution in [0.3, 0.4) is 0 Å². The fraction of sp³-hybridized carbons (Fsp3) is 0.500. The highest BCUT2D eigenvalue weighted by Gasteiger charge is 2.20. The van der Waals surface area contributed by atoms with Crippen LogP contribution in [0, 0.1) is 11.6 Å². The van der Waals surface area contributed by atoms with Crippen molar-refractivity contribution in [1.29, 1.82) is 0 Å². The summed E-state index contributed by atoms with van der Waals surface area (Å²) in [5.74, 6) is -0.763. The zero-order valence-corrected chi connectivity index (χ0v) is 12.9. The lowest BCUT2D eigenvalue weighted by molar-refractivity contribution is 0.0869. The molecule has 21 heavy (non-hydrogen) atoms. The van der Waals surface area contributed by atoms with Crippen molar-refractivity contribution in [1.82, 2.24) is 10.6 Å². The summed E-state index contributed by atoms with van der Waals surface area (Å²) in [5, 5.41) is 15.0. The van der Waals surface area contributed by atoms with Gasteiger partial charge in [-0.2, -0.15) is 11.8 Å². The molecule has 0 radical (unpaired) electrons. The first kappa shape index (κ1) is 17.7. The minimum atomic E-state index is -0.970. The molecule has 0 aliphatic heterocycles. The number of carbonyl (C=O) groups excluding carboxylic acids is 1. The summed E-state index contributed by atoms with van der Waals surface area (Å²) < 4.78 is 25.9. The van der Waals surface area contributed by atoms with E-state index in [9.17, 15) is 18.7 Å². The van der Waals surface area contributed by atoms with Crippen molar-refractivity contribution in [2.45, 2.75) is 18.9 Å². The fourth-order valence-electron chi connectivity index (χ4n) is 1.77. The van der Waals surface area contributed by atoms with Crippen LogP contribution in [0.25, 0.3) is 0 Å². The Labute approximate surface area is 127 Å². The van der Waals surface area contributed by atoms with Crippen LogP contribution in [-0.4, -0.2) is 41.8 Å². The van der Waals surface area contributed by atoms with Gasteiger partial charge in [-0.25, -0.2) is 13.6 Å². The monoisotopic (exact) mass is 318 g/mol. The van der Waals surface area contributed by atoms with Gasteiger partial charge < -0.3 is 15.7 Å². The summed E-state index contributed by atoms with van der Waals surface area (Å²) in [7, 11) is 0. The lowest BCUT2D eigenvalue weighted by Gasteiger charge is -2.22. The number of nitrogens with one attached hydrogen (secondary N) is 2. The van der Waals surface area contributed by atoms with Crippen molar-refractivity contribution in [2.75, 3.05) is 25.1 Å².